The summed E-state index contributed by atoms with van der Waals surface area (Å²) in [7, 11) is -1.89. The summed E-state index contributed by atoms with van der Waals surface area (Å²) in [6.45, 7) is 4.53. The molecule has 8 heteroatoms. The Morgan fingerprint density at radius 1 is 1.21 bits per heavy atom. The third-order valence-electron chi connectivity index (χ3n) is 5.38. The van der Waals surface area contributed by atoms with Gasteiger partial charge in [0.1, 0.15) is 0 Å². The van der Waals surface area contributed by atoms with Crippen molar-refractivity contribution in [1.82, 2.24) is 14.6 Å². The van der Waals surface area contributed by atoms with Crippen LogP contribution in [0.1, 0.15) is 72.9 Å². The second-order valence-corrected chi connectivity index (χ2v) is 10.7. The van der Waals surface area contributed by atoms with Crippen LogP contribution in [-0.2, 0) is 16.6 Å². The second kappa shape index (κ2) is 9.36. The van der Waals surface area contributed by atoms with Crippen molar-refractivity contribution in [3.63, 3.8) is 0 Å². The molecule has 0 spiro atoms. The van der Waals surface area contributed by atoms with E-state index < -0.39 is 10.0 Å². The zero-order chi connectivity index (χ0) is 21.0. The van der Waals surface area contributed by atoms with Crippen LogP contribution in [0.25, 0.3) is 0 Å². The summed E-state index contributed by atoms with van der Waals surface area (Å²) in [5.41, 5.74) is 1.27. The predicted octanol–water partition coefficient (Wildman–Crippen LogP) is 4.15. The minimum atomic E-state index is -3.55. The maximum absolute atomic E-state index is 12.9. The van der Waals surface area contributed by atoms with Crippen LogP contribution in [0.15, 0.2) is 34.5 Å². The van der Waals surface area contributed by atoms with Gasteiger partial charge >= 0.3 is 0 Å². The van der Waals surface area contributed by atoms with Gasteiger partial charge in [0.2, 0.25) is 10.0 Å². The smallest absolute Gasteiger partial charge is 0.251 e. The number of amides is 1. The molecule has 2 aromatic rings. The molecule has 158 valence electrons. The molecule has 1 aliphatic carbocycles. The summed E-state index contributed by atoms with van der Waals surface area (Å²) < 4.78 is 27.3. The number of carbonyl (C=O) groups is 1. The van der Waals surface area contributed by atoms with Crippen LogP contribution in [0.3, 0.4) is 0 Å². The van der Waals surface area contributed by atoms with Crippen molar-refractivity contribution in [2.75, 3.05) is 7.05 Å². The number of nitrogens with zero attached hydrogens (tertiary/aromatic N) is 2. The highest BCUT2D eigenvalue weighted by Crippen LogP contribution is 2.26. The number of benzene rings is 1. The lowest BCUT2D eigenvalue weighted by Crippen LogP contribution is -2.38. The topological polar surface area (TPSA) is 79.4 Å². The van der Waals surface area contributed by atoms with Gasteiger partial charge in [-0.1, -0.05) is 33.1 Å². The average molecular weight is 436 g/mol. The highest BCUT2D eigenvalue weighted by molar-refractivity contribution is 7.89. The quantitative estimate of drug-likeness (QED) is 0.709. The summed E-state index contributed by atoms with van der Waals surface area (Å²) >= 11 is 1.59. The van der Waals surface area contributed by atoms with Crippen LogP contribution in [0.5, 0.6) is 0 Å². The number of rotatable bonds is 7. The minimum absolute atomic E-state index is 0.0607. The molecular weight excluding hydrogens is 406 g/mol. The summed E-state index contributed by atoms with van der Waals surface area (Å²) in [6, 6.07) is 6.23. The largest absolute Gasteiger partial charge is 0.346 e. The third kappa shape index (κ3) is 5.24. The molecule has 1 N–H and O–H groups in total. The van der Waals surface area contributed by atoms with Crippen molar-refractivity contribution < 1.29 is 13.2 Å². The molecule has 0 atom stereocenters. The lowest BCUT2D eigenvalue weighted by Gasteiger charge is -2.30. The van der Waals surface area contributed by atoms with Crippen molar-refractivity contribution >= 4 is 27.3 Å². The van der Waals surface area contributed by atoms with Gasteiger partial charge in [-0.2, -0.15) is 4.31 Å². The lowest BCUT2D eigenvalue weighted by atomic mass is 9.96. The Labute approximate surface area is 177 Å². The standard InChI is InChI=1S/C21H29N3O3S2/c1-15(2)21-23-17(14-28-21)13-22-20(25)16-9-11-19(12-10-16)29(26,27)24(3)18-7-5-4-6-8-18/h9-12,14-15,18H,4-8,13H2,1-3H3,(H,22,25). The van der Waals surface area contributed by atoms with E-state index in [0.29, 0.717) is 18.0 Å². The Kier molecular flexibility index (Phi) is 7.08. The van der Waals surface area contributed by atoms with Crippen LogP contribution < -0.4 is 5.32 Å². The molecule has 0 bridgehead atoms. The number of hydrogen-bond acceptors (Lipinski definition) is 5. The van der Waals surface area contributed by atoms with E-state index in [0.717, 1.165) is 36.4 Å². The van der Waals surface area contributed by atoms with Gasteiger partial charge in [-0.15, -0.1) is 11.3 Å². The fraction of sp³-hybridized carbons (Fsp3) is 0.524. The van der Waals surface area contributed by atoms with Crippen molar-refractivity contribution in [2.45, 2.75) is 69.4 Å². The van der Waals surface area contributed by atoms with Crippen molar-refractivity contribution in [3.05, 3.63) is 45.9 Å². The van der Waals surface area contributed by atoms with Gasteiger partial charge in [-0.25, -0.2) is 13.4 Å². The maximum Gasteiger partial charge on any atom is 0.251 e. The number of carbonyl (C=O) groups excluding carboxylic acids is 1. The summed E-state index contributed by atoms with van der Waals surface area (Å²) in [6.07, 6.45) is 5.13. The Morgan fingerprint density at radius 3 is 2.45 bits per heavy atom. The van der Waals surface area contributed by atoms with Gasteiger partial charge in [-0.3, -0.25) is 4.79 Å². The van der Waals surface area contributed by atoms with Gasteiger partial charge in [0.05, 0.1) is 22.1 Å². The first-order valence-corrected chi connectivity index (χ1v) is 12.4. The van der Waals surface area contributed by atoms with Crippen LogP contribution in [0.4, 0.5) is 0 Å². The fourth-order valence-electron chi connectivity index (χ4n) is 3.53. The van der Waals surface area contributed by atoms with E-state index >= 15 is 0 Å². The molecule has 0 radical (unpaired) electrons. The van der Waals surface area contributed by atoms with Crippen molar-refractivity contribution in [3.8, 4) is 0 Å². The van der Waals surface area contributed by atoms with E-state index in [9.17, 15) is 13.2 Å². The normalized spacial score (nSPS) is 15.8. The zero-order valence-electron chi connectivity index (χ0n) is 17.2. The van der Waals surface area contributed by atoms with Crippen molar-refractivity contribution in [1.29, 1.82) is 0 Å². The zero-order valence-corrected chi connectivity index (χ0v) is 18.9. The molecule has 1 aliphatic rings. The van der Waals surface area contributed by atoms with Crippen LogP contribution in [-0.4, -0.2) is 36.7 Å². The molecule has 1 heterocycles. The van der Waals surface area contributed by atoms with Crippen LogP contribution >= 0.6 is 11.3 Å². The van der Waals surface area contributed by atoms with Gasteiger partial charge in [0.15, 0.2) is 0 Å². The van der Waals surface area contributed by atoms with Gasteiger partial charge in [-0.05, 0) is 37.1 Å². The number of thiazole rings is 1. The molecule has 6 nitrogen and oxygen atoms in total. The molecular formula is C21H29N3O3S2. The first kappa shape index (κ1) is 21.9. The van der Waals surface area contributed by atoms with Crippen molar-refractivity contribution in [2.24, 2.45) is 0 Å². The Morgan fingerprint density at radius 2 is 1.86 bits per heavy atom. The molecule has 1 saturated carbocycles. The van der Waals surface area contributed by atoms with E-state index in [4.69, 9.17) is 0 Å². The Bertz CT molecular complexity index is 930. The highest BCUT2D eigenvalue weighted by atomic mass is 32.2. The van der Waals surface area contributed by atoms with E-state index in [2.05, 4.69) is 24.1 Å². The van der Waals surface area contributed by atoms with Crippen LogP contribution in [0, 0.1) is 0 Å². The summed E-state index contributed by atoms with van der Waals surface area (Å²) in [5.74, 6) is 0.124. The Hall–Kier alpha value is -1.77. The molecule has 1 aromatic carbocycles. The van der Waals surface area contributed by atoms with E-state index in [1.54, 1.807) is 30.5 Å². The van der Waals surface area contributed by atoms with Gasteiger partial charge < -0.3 is 5.32 Å². The lowest BCUT2D eigenvalue weighted by molar-refractivity contribution is 0.0950. The van der Waals surface area contributed by atoms with E-state index in [1.807, 2.05) is 5.38 Å². The number of aromatic nitrogens is 1. The monoisotopic (exact) mass is 435 g/mol. The molecule has 3 rings (SSSR count). The molecule has 1 fully saturated rings. The summed E-state index contributed by atoms with van der Waals surface area (Å²) in [4.78, 5) is 17.1. The average Bonchev–Trinajstić information content (AvgIpc) is 3.21. The van der Waals surface area contributed by atoms with E-state index in [-0.39, 0.29) is 16.8 Å². The first-order chi connectivity index (χ1) is 13.8. The molecule has 1 aromatic heterocycles. The molecule has 29 heavy (non-hydrogen) atoms. The summed E-state index contributed by atoms with van der Waals surface area (Å²) in [5, 5.41) is 5.84. The molecule has 0 saturated heterocycles. The molecule has 0 unspecified atom stereocenters. The number of hydrogen-bond donors (Lipinski definition) is 1. The number of nitrogens with one attached hydrogen (secondary N) is 1. The SMILES string of the molecule is CC(C)c1nc(CNC(=O)c2ccc(S(=O)(=O)N(C)C3CCCCC3)cc2)cs1. The fourth-order valence-corrected chi connectivity index (χ4v) is 5.78. The third-order valence-corrected chi connectivity index (χ3v) is 8.49. The number of sulfonamides is 1. The van der Waals surface area contributed by atoms with Crippen LogP contribution in [0.2, 0.25) is 0 Å². The van der Waals surface area contributed by atoms with Gasteiger partial charge in [0.25, 0.3) is 5.91 Å². The molecule has 1 amide bonds. The molecule has 0 aliphatic heterocycles. The van der Waals surface area contributed by atoms with Gasteiger partial charge in [0, 0.05) is 30.0 Å². The van der Waals surface area contributed by atoms with E-state index in [1.165, 1.54) is 22.9 Å². The Balaban J connectivity index is 1.63. The minimum Gasteiger partial charge on any atom is -0.346 e. The first-order valence-electron chi connectivity index (χ1n) is 10.1. The maximum atomic E-state index is 12.9. The predicted molar refractivity (Wildman–Crippen MR) is 116 cm³/mol. The highest BCUT2D eigenvalue weighted by Gasteiger charge is 2.29. The second-order valence-electron chi connectivity index (χ2n) is 7.85.